The number of alkyl halides is 1. The van der Waals surface area contributed by atoms with Gasteiger partial charge in [0.05, 0.1) is 0 Å². The molecule has 0 spiro atoms. The molecule has 0 atom stereocenters. The van der Waals surface area contributed by atoms with Gasteiger partial charge in [-0.15, -0.1) is 0 Å². The predicted octanol–water partition coefficient (Wildman–Crippen LogP) is 2.23. The highest BCUT2D eigenvalue weighted by molar-refractivity contribution is 9.08. The Morgan fingerprint density at radius 3 is 2.50 bits per heavy atom. The van der Waals surface area contributed by atoms with Gasteiger partial charge in [0.1, 0.15) is 6.61 Å². The van der Waals surface area contributed by atoms with Crippen molar-refractivity contribution in [3.05, 3.63) is 35.4 Å². The van der Waals surface area contributed by atoms with Gasteiger partial charge in [0.15, 0.2) is 0 Å². The number of carbonyl (C=O) groups excluding carboxylic acids is 1. The number of nitrogens with one attached hydrogen (secondary N) is 1. The van der Waals surface area contributed by atoms with Crippen LogP contribution in [-0.4, -0.2) is 19.1 Å². The molecule has 1 aromatic carbocycles. The molecule has 0 aliphatic heterocycles. The van der Waals surface area contributed by atoms with E-state index in [0.29, 0.717) is 13.2 Å². The molecule has 0 saturated carbocycles. The molecule has 0 bridgehead atoms. The van der Waals surface area contributed by atoms with Crippen molar-refractivity contribution in [3.63, 3.8) is 0 Å². The van der Waals surface area contributed by atoms with E-state index in [2.05, 4.69) is 21.2 Å². The minimum atomic E-state index is -0.0774. The van der Waals surface area contributed by atoms with Crippen LogP contribution in [0.2, 0.25) is 0 Å². The summed E-state index contributed by atoms with van der Waals surface area (Å²) in [7, 11) is 0. The number of halogens is 1. The zero-order valence-electron chi connectivity index (χ0n) is 9.33. The second-order valence-electron chi connectivity index (χ2n) is 3.36. The van der Waals surface area contributed by atoms with Crippen LogP contribution in [0, 0.1) is 0 Å². The number of amides is 1. The lowest BCUT2D eigenvalue weighted by Crippen LogP contribution is -2.27. The van der Waals surface area contributed by atoms with Gasteiger partial charge in [-0.3, -0.25) is 4.79 Å². The maximum Gasteiger partial charge on any atom is 0.246 e. The Morgan fingerprint density at radius 2 is 1.94 bits per heavy atom. The smallest absolute Gasteiger partial charge is 0.246 e. The van der Waals surface area contributed by atoms with Gasteiger partial charge in [-0.2, -0.15) is 0 Å². The zero-order chi connectivity index (χ0) is 11.8. The molecule has 0 heterocycles. The molecule has 4 heteroatoms. The summed E-state index contributed by atoms with van der Waals surface area (Å²) in [5.74, 6) is -0.0774. The van der Waals surface area contributed by atoms with E-state index in [9.17, 15) is 4.79 Å². The van der Waals surface area contributed by atoms with Crippen LogP contribution < -0.4 is 5.32 Å². The van der Waals surface area contributed by atoms with Gasteiger partial charge in [-0.1, -0.05) is 40.2 Å². The van der Waals surface area contributed by atoms with Crippen LogP contribution in [0.4, 0.5) is 0 Å². The number of carbonyl (C=O) groups is 1. The molecule has 0 radical (unpaired) electrons. The van der Waals surface area contributed by atoms with Crippen molar-refractivity contribution in [1.29, 1.82) is 0 Å². The first kappa shape index (κ1) is 13.2. The van der Waals surface area contributed by atoms with Crippen LogP contribution in [0.1, 0.15) is 18.1 Å². The molecule has 1 aromatic rings. The number of hydrogen-bond acceptors (Lipinski definition) is 2. The van der Waals surface area contributed by atoms with Gasteiger partial charge in [0, 0.05) is 18.5 Å². The number of rotatable bonds is 6. The molecule has 1 rings (SSSR count). The largest absolute Gasteiger partial charge is 0.372 e. The number of hydrogen-bond donors (Lipinski definition) is 1. The molecular weight excluding hydrogens is 270 g/mol. The first-order valence-corrected chi connectivity index (χ1v) is 6.36. The highest BCUT2D eigenvalue weighted by Gasteiger charge is 2.00. The molecule has 3 nitrogen and oxygen atoms in total. The highest BCUT2D eigenvalue weighted by atomic mass is 79.9. The molecule has 16 heavy (non-hydrogen) atoms. The Hall–Kier alpha value is -0.870. The summed E-state index contributed by atoms with van der Waals surface area (Å²) >= 11 is 3.39. The third-order valence-electron chi connectivity index (χ3n) is 2.10. The second-order valence-corrected chi connectivity index (χ2v) is 3.92. The molecule has 0 unspecified atom stereocenters. The van der Waals surface area contributed by atoms with E-state index >= 15 is 0 Å². The van der Waals surface area contributed by atoms with E-state index < -0.39 is 0 Å². The summed E-state index contributed by atoms with van der Waals surface area (Å²) in [5.41, 5.74) is 2.32. The lowest BCUT2D eigenvalue weighted by atomic mass is 10.1. The molecule has 0 saturated heterocycles. The molecule has 88 valence electrons. The maximum atomic E-state index is 11.3. The standard InChI is InChI=1S/C12H16BrNO2/c1-2-16-9-12(15)14-8-11-5-3-10(7-13)4-6-11/h3-6H,2,7-9H2,1H3,(H,14,15). The van der Waals surface area contributed by atoms with Gasteiger partial charge in [-0.25, -0.2) is 0 Å². The molecule has 0 aliphatic rings. The second kappa shape index (κ2) is 7.41. The Kier molecular flexibility index (Phi) is 6.11. The van der Waals surface area contributed by atoms with Crippen molar-refractivity contribution in [2.75, 3.05) is 13.2 Å². The van der Waals surface area contributed by atoms with E-state index in [1.54, 1.807) is 0 Å². The van der Waals surface area contributed by atoms with Gasteiger partial charge < -0.3 is 10.1 Å². The summed E-state index contributed by atoms with van der Waals surface area (Å²) < 4.78 is 5.00. The monoisotopic (exact) mass is 285 g/mol. The fourth-order valence-electron chi connectivity index (χ4n) is 1.19. The van der Waals surface area contributed by atoms with Crippen LogP contribution in [0.15, 0.2) is 24.3 Å². The molecule has 0 fully saturated rings. The van der Waals surface area contributed by atoms with Crippen LogP contribution in [0.25, 0.3) is 0 Å². The fraction of sp³-hybridized carbons (Fsp3) is 0.417. The first-order valence-electron chi connectivity index (χ1n) is 5.24. The Morgan fingerprint density at radius 1 is 1.31 bits per heavy atom. The molecule has 0 aliphatic carbocycles. The average Bonchev–Trinajstić information content (AvgIpc) is 2.34. The Bertz CT molecular complexity index is 324. The topological polar surface area (TPSA) is 38.3 Å². The minimum absolute atomic E-state index is 0.0774. The van der Waals surface area contributed by atoms with Crippen LogP contribution in [-0.2, 0) is 21.4 Å². The normalized spacial score (nSPS) is 10.1. The molecule has 1 amide bonds. The van der Waals surface area contributed by atoms with Gasteiger partial charge in [0.2, 0.25) is 5.91 Å². The van der Waals surface area contributed by atoms with Gasteiger partial charge in [0.25, 0.3) is 0 Å². The van der Waals surface area contributed by atoms with E-state index in [1.165, 1.54) is 5.56 Å². The zero-order valence-corrected chi connectivity index (χ0v) is 10.9. The molecular formula is C12H16BrNO2. The first-order chi connectivity index (χ1) is 7.76. The third kappa shape index (κ3) is 4.77. The number of benzene rings is 1. The van der Waals surface area contributed by atoms with E-state index in [-0.39, 0.29) is 12.5 Å². The summed E-state index contributed by atoms with van der Waals surface area (Å²) in [6.45, 7) is 3.12. The van der Waals surface area contributed by atoms with Gasteiger partial charge >= 0.3 is 0 Å². The summed E-state index contributed by atoms with van der Waals surface area (Å²) in [6.07, 6.45) is 0. The third-order valence-corrected chi connectivity index (χ3v) is 2.75. The van der Waals surface area contributed by atoms with Crippen LogP contribution in [0.3, 0.4) is 0 Å². The SMILES string of the molecule is CCOCC(=O)NCc1ccc(CBr)cc1. The van der Waals surface area contributed by atoms with E-state index in [4.69, 9.17) is 4.74 Å². The lowest BCUT2D eigenvalue weighted by Gasteiger charge is -2.05. The number of ether oxygens (including phenoxy) is 1. The van der Waals surface area contributed by atoms with Crippen molar-refractivity contribution in [1.82, 2.24) is 5.32 Å². The average molecular weight is 286 g/mol. The Balaban J connectivity index is 2.33. The summed E-state index contributed by atoms with van der Waals surface area (Å²) in [4.78, 5) is 11.3. The van der Waals surface area contributed by atoms with Crippen molar-refractivity contribution < 1.29 is 9.53 Å². The minimum Gasteiger partial charge on any atom is -0.372 e. The van der Waals surface area contributed by atoms with E-state index in [0.717, 1.165) is 10.9 Å². The molecule has 0 aromatic heterocycles. The summed E-state index contributed by atoms with van der Waals surface area (Å²) in [6, 6.07) is 8.10. The van der Waals surface area contributed by atoms with Crippen molar-refractivity contribution >= 4 is 21.8 Å². The maximum absolute atomic E-state index is 11.3. The highest BCUT2D eigenvalue weighted by Crippen LogP contribution is 2.07. The summed E-state index contributed by atoms with van der Waals surface area (Å²) in [5, 5.41) is 3.65. The Labute approximate surface area is 104 Å². The van der Waals surface area contributed by atoms with Crippen LogP contribution >= 0.6 is 15.9 Å². The van der Waals surface area contributed by atoms with E-state index in [1.807, 2.05) is 31.2 Å². The lowest BCUT2D eigenvalue weighted by molar-refractivity contribution is -0.125. The molecule has 1 N–H and O–H groups in total. The van der Waals surface area contributed by atoms with Crippen LogP contribution in [0.5, 0.6) is 0 Å². The quantitative estimate of drug-likeness (QED) is 0.814. The fourth-order valence-corrected chi connectivity index (χ4v) is 1.57. The predicted molar refractivity (Wildman–Crippen MR) is 67.4 cm³/mol. The van der Waals surface area contributed by atoms with Crippen molar-refractivity contribution in [2.24, 2.45) is 0 Å². The van der Waals surface area contributed by atoms with Gasteiger partial charge in [-0.05, 0) is 18.1 Å². The van der Waals surface area contributed by atoms with Crippen molar-refractivity contribution in [3.8, 4) is 0 Å². The van der Waals surface area contributed by atoms with Crippen molar-refractivity contribution in [2.45, 2.75) is 18.8 Å².